The first-order valence-corrected chi connectivity index (χ1v) is 23.4. The van der Waals surface area contributed by atoms with Crippen molar-refractivity contribution in [1.29, 1.82) is 0 Å². The van der Waals surface area contributed by atoms with Crippen LogP contribution < -0.4 is 0 Å². The van der Waals surface area contributed by atoms with Gasteiger partial charge in [-0.25, -0.2) is 0 Å². The maximum absolute atomic E-state index is 11.9. The number of carbonyl (C=O) groups is 8. The SMILES string of the molecule is C[C@@]12C(=O)OC(=O)[C@]1(C)[C@H]1CC[C@@H]2O1.O=C1OC(=O)[C@@]23CSC[C@@]12[C@@H]1C=C[C@H]3O1.O=C1OC(=O)[C@@]23CSC[C@@]12[C@@H]1C=C[C@H]3O1.O=C1OC(=O)[C@@]23CSC[C@@]12[C@@H]1CC[C@H]3O1. The van der Waals surface area contributed by atoms with Crippen molar-refractivity contribution in [3.05, 3.63) is 24.3 Å². The highest BCUT2D eigenvalue weighted by Crippen LogP contribution is 2.71. The third-order valence-corrected chi connectivity index (χ3v) is 21.1. The second-order valence-electron chi connectivity index (χ2n) is 18.5. The maximum atomic E-state index is 11.9. The van der Waals surface area contributed by atoms with Crippen molar-refractivity contribution in [3.63, 3.8) is 0 Å². The summed E-state index contributed by atoms with van der Waals surface area (Å²) in [6, 6.07) is 0. The van der Waals surface area contributed by atoms with Crippen LogP contribution in [0.1, 0.15) is 39.5 Å². The molecule has 15 heterocycles. The Morgan fingerprint density at radius 1 is 0.373 bits per heavy atom. The molecule has 15 rings (SSSR count). The average molecular weight is 871 g/mol. The molecule has 0 radical (unpaired) electrons. The van der Waals surface area contributed by atoms with Crippen molar-refractivity contribution in [2.24, 2.45) is 43.3 Å². The zero-order valence-corrected chi connectivity index (χ0v) is 34.2. The van der Waals surface area contributed by atoms with Gasteiger partial charge in [-0.2, -0.15) is 35.3 Å². The molecule has 0 spiro atoms. The Labute approximate surface area is 348 Å². The average Bonchev–Trinajstić information content (AvgIpc) is 4.03. The fraction of sp³-hybridized carbons (Fsp3) is 0.700. The van der Waals surface area contributed by atoms with Crippen LogP contribution in [-0.2, 0) is 76.3 Å². The lowest BCUT2D eigenvalue weighted by atomic mass is 9.59. The van der Waals surface area contributed by atoms with Crippen molar-refractivity contribution in [2.45, 2.75) is 88.4 Å². The van der Waals surface area contributed by atoms with Crippen LogP contribution in [0, 0.1) is 43.3 Å². The van der Waals surface area contributed by atoms with Gasteiger partial charge in [0.25, 0.3) is 0 Å². The Morgan fingerprint density at radius 2 is 0.627 bits per heavy atom. The molecule has 0 aromatic carbocycles. The second kappa shape index (κ2) is 11.5. The summed E-state index contributed by atoms with van der Waals surface area (Å²) in [5.41, 5.74) is -5.60. The van der Waals surface area contributed by atoms with Crippen molar-refractivity contribution < 1.29 is 76.3 Å². The van der Waals surface area contributed by atoms with E-state index in [2.05, 4.69) is 0 Å². The van der Waals surface area contributed by atoms with Gasteiger partial charge < -0.3 is 37.9 Å². The Kier molecular flexibility index (Phi) is 7.33. The van der Waals surface area contributed by atoms with E-state index in [1.807, 2.05) is 24.3 Å². The number of ether oxygens (including phenoxy) is 8. The van der Waals surface area contributed by atoms with Gasteiger partial charge in [-0.1, -0.05) is 24.3 Å². The fourth-order valence-corrected chi connectivity index (χ4v) is 19.0. The number of cyclic esters (lactones) is 8. The molecule has 0 amide bonds. The molecule has 15 aliphatic heterocycles. The molecule has 0 aromatic rings. The van der Waals surface area contributed by atoms with E-state index in [0.29, 0.717) is 34.5 Å². The number of esters is 8. The van der Waals surface area contributed by atoms with Crippen LogP contribution >= 0.6 is 35.3 Å². The Hall–Kier alpha value is -3.07. The molecule has 16 nitrogen and oxygen atoms in total. The Morgan fingerprint density at radius 3 is 0.966 bits per heavy atom. The Bertz CT molecular complexity index is 1990. The van der Waals surface area contributed by atoms with Gasteiger partial charge in [-0.3, -0.25) is 38.4 Å². The summed E-state index contributed by atoms with van der Waals surface area (Å²) >= 11 is 5.00. The molecule has 0 aromatic heterocycles. The van der Waals surface area contributed by atoms with Gasteiger partial charge in [0, 0.05) is 34.5 Å². The van der Waals surface area contributed by atoms with E-state index in [4.69, 9.17) is 37.9 Å². The highest BCUT2D eigenvalue weighted by molar-refractivity contribution is 8.00. The largest absolute Gasteiger partial charge is 0.392 e. The van der Waals surface area contributed by atoms with Crippen LogP contribution in [0.5, 0.6) is 0 Å². The van der Waals surface area contributed by atoms with Gasteiger partial charge >= 0.3 is 47.8 Å². The summed E-state index contributed by atoms with van der Waals surface area (Å²) in [5.74, 6) is 0.965. The number of hydrogen-bond acceptors (Lipinski definition) is 19. The topological polar surface area (TPSA) is 210 Å². The van der Waals surface area contributed by atoms with Gasteiger partial charge in [0.1, 0.15) is 43.3 Å². The molecule has 0 aliphatic carbocycles. The molecule has 59 heavy (non-hydrogen) atoms. The van der Waals surface area contributed by atoms with E-state index >= 15 is 0 Å². The molecule has 0 unspecified atom stereocenters. The molecule has 13 saturated heterocycles. The highest BCUT2D eigenvalue weighted by atomic mass is 32.2. The van der Waals surface area contributed by atoms with E-state index in [9.17, 15) is 38.4 Å². The van der Waals surface area contributed by atoms with Gasteiger partial charge in [0.2, 0.25) is 0 Å². The first-order chi connectivity index (χ1) is 28.2. The number of hydrogen-bond donors (Lipinski definition) is 0. The molecule has 0 saturated carbocycles. The normalized spacial score (nSPS) is 55.0. The van der Waals surface area contributed by atoms with E-state index in [1.165, 1.54) is 0 Å². The number of carbonyl (C=O) groups excluding carboxylic acids is 8. The zero-order chi connectivity index (χ0) is 40.9. The third-order valence-electron chi connectivity index (χ3n) is 17.1. The van der Waals surface area contributed by atoms with E-state index in [0.717, 1.165) is 25.7 Å². The summed E-state index contributed by atoms with van der Waals surface area (Å²) in [7, 11) is 0. The quantitative estimate of drug-likeness (QED) is 0.145. The molecule has 16 atom stereocenters. The van der Waals surface area contributed by atoms with E-state index < -0.39 is 55.3 Å². The summed E-state index contributed by atoms with van der Waals surface area (Å²) in [6.07, 6.45) is 9.69. The fourth-order valence-electron chi connectivity index (χ4n) is 13.5. The van der Waals surface area contributed by atoms with Crippen LogP contribution in [0.2, 0.25) is 0 Å². The van der Waals surface area contributed by atoms with Crippen molar-refractivity contribution in [1.82, 2.24) is 0 Å². The minimum Gasteiger partial charge on any atom is -0.392 e. The first kappa shape index (κ1) is 37.7. The van der Waals surface area contributed by atoms with Crippen LogP contribution in [0.3, 0.4) is 0 Å². The first-order valence-electron chi connectivity index (χ1n) is 19.9. The smallest absolute Gasteiger partial charge is 0.324 e. The van der Waals surface area contributed by atoms with Gasteiger partial charge in [-0.05, 0) is 39.5 Å². The van der Waals surface area contributed by atoms with Crippen molar-refractivity contribution in [2.75, 3.05) is 34.5 Å². The van der Waals surface area contributed by atoms with E-state index in [1.54, 1.807) is 49.1 Å². The van der Waals surface area contributed by atoms with Crippen LogP contribution in [0.15, 0.2) is 24.3 Å². The molecule has 13 fully saturated rings. The highest BCUT2D eigenvalue weighted by Gasteiger charge is 2.85. The van der Waals surface area contributed by atoms with Gasteiger partial charge in [-0.15, -0.1) is 0 Å². The van der Waals surface area contributed by atoms with Crippen LogP contribution in [0.25, 0.3) is 0 Å². The minimum atomic E-state index is -0.743. The van der Waals surface area contributed by atoms with E-state index in [-0.39, 0.29) is 84.6 Å². The lowest BCUT2D eigenvalue weighted by Crippen LogP contribution is -2.51. The molecular formula is C40H38O16S3. The summed E-state index contributed by atoms with van der Waals surface area (Å²) in [6.45, 7) is 3.59. The van der Waals surface area contributed by atoms with Gasteiger partial charge in [0.05, 0.1) is 48.8 Å². The van der Waals surface area contributed by atoms with Crippen LogP contribution in [0.4, 0.5) is 0 Å². The molecule has 19 heteroatoms. The second-order valence-corrected chi connectivity index (χ2v) is 21.5. The summed E-state index contributed by atoms with van der Waals surface area (Å²) < 4.78 is 42.2. The standard InChI is InChI=1S/C10H10O4S.2C10H8O4S.C10H12O4/c3*11-7-9-3-15-4-10(9,8(12)14-7)6-2-1-5(9)13-6;1-9-5-3-4-6(13-5)10(9,2)8(12)14-7(9)11/h5-6H,1-4H2;2*1-2,5-6H,3-4H2;5-6H,3-4H2,1-2H3/t4*5-,6+,9+,10-. The molecule has 0 N–H and O–H groups in total. The van der Waals surface area contributed by atoms with Gasteiger partial charge in [0.15, 0.2) is 0 Å². The minimum absolute atomic E-state index is 0.0727. The number of rotatable bonds is 0. The monoisotopic (exact) mass is 870 g/mol. The molecule has 312 valence electrons. The third kappa shape index (κ3) is 3.66. The predicted octanol–water partition coefficient (Wildman–Crippen LogP) is 1.25. The van der Waals surface area contributed by atoms with Crippen LogP contribution in [-0.4, -0.2) is 131 Å². The summed E-state index contributed by atoms with van der Waals surface area (Å²) in [4.78, 5) is 94.7. The predicted molar refractivity (Wildman–Crippen MR) is 199 cm³/mol. The molecule has 8 bridgehead atoms. The van der Waals surface area contributed by atoms with Crippen molar-refractivity contribution >= 4 is 83.0 Å². The number of thioether (sulfide) groups is 3. The number of fused-ring (bicyclic) bond motifs is 11. The Balaban J connectivity index is 0.0000000852. The lowest BCUT2D eigenvalue weighted by molar-refractivity contribution is -0.161. The zero-order valence-electron chi connectivity index (χ0n) is 31.8. The molecular weight excluding hydrogens is 833 g/mol. The summed E-state index contributed by atoms with van der Waals surface area (Å²) in [5, 5.41) is 0. The molecule has 15 aliphatic rings. The lowest BCUT2D eigenvalue weighted by Gasteiger charge is -2.34. The maximum Gasteiger partial charge on any atom is 0.324 e. The van der Waals surface area contributed by atoms with Crippen molar-refractivity contribution in [3.8, 4) is 0 Å².